The van der Waals surface area contributed by atoms with Crippen LogP contribution in [0.4, 0.5) is 0 Å². The van der Waals surface area contributed by atoms with Crippen molar-refractivity contribution in [2.75, 3.05) is 0 Å². The van der Waals surface area contributed by atoms with E-state index in [9.17, 15) is 4.79 Å². The van der Waals surface area contributed by atoms with Gasteiger partial charge in [-0.25, -0.2) is 9.55 Å². The number of rotatable bonds is 4. The second kappa shape index (κ2) is 8.49. The summed E-state index contributed by atoms with van der Waals surface area (Å²) in [5.41, 5.74) is 3.50. The average molecular weight is 457 g/mol. The molecule has 0 bridgehead atoms. The van der Waals surface area contributed by atoms with Crippen molar-refractivity contribution in [1.29, 1.82) is 0 Å². The van der Waals surface area contributed by atoms with E-state index in [-0.39, 0.29) is 5.56 Å². The molecule has 0 saturated heterocycles. The number of halogens is 1. The van der Waals surface area contributed by atoms with Crippen LogP contribution in [0.1, 0.15) is 17.0 Å². The zero-order valence-electron chi connectivity index (χ0n) is 17.1. The van der Waals surface area contributed by atoms with Crippen LogP contribution in [0.5, 0.6) is 0 Å². The molecule has 0 radical (unpaired) electrons. The van der Waals surface area contributed by atoms with Crippen LogP contribution in [0.15, 0.2) is 77.6 Å². The number of aromatic nitrogens is 4. The summed E-state index contributed by atoms with van der Waals surface area (Å²) >= 11 is 7.44. The number of para-hydroxylation sites is 1. The summed E-state index contributed by atoms with van der Waals surface area (Å²) in [4.78, 5) is 18.1. The van der Waals surface area contributed by atoms with E-state index < -0.39 is 0 Å². The zero-order valence-corrected chi connectivity index (χ0v) is 18.6. The van der Waals surface area contributed by atoms with Gasteiger partial charge in [-0.2, -0.15) is 0 Å². The van der Waals surface area contributed by atoms with Crippen molar-refractivity contribution in [2.45, 2.75) is 6.92 Å². The van der Waals surface area contributed by atoms with Gasteiger partial charge >= 0.3 is 0 Å². The molecule has 5 aromatic rings. The molecule has 0 unspecified atom stereocenters. The van der Waals surface area contributed by atoms with E-state index >= 15 is 0 Å². The van der Waals surface area contributed by atoms with Gasteiger partial charge in [-0.3, -0.25) is 4.79 Å². The minimum absolute atomic E-state index is 0.187. The lowest BCUT2D eigenvalue weighted by Crippen LogP contribution is -2.22. The Balaban J connectivity index is 1.66. The summed E-state index contributed by atoms with van der Waals surface area (Å²) in [6.45, 7) is 2.04. The van der Waals surface area contributed by atoms with Crippen LogP contribution < -0.4 is 5.56 Å². The van der Waals surface area contributed by atoms with Gasteiger partial charge in [-0.05, 0) is 42.8 Å². The molecule has 32 heavy (non-hydrogen) atoms. The monoisotopic (exact) mass is 456 g/mol. The van der Waals surface area contributed by atoms with Crippen molar-refractivity contribution >= 4 is 46.0 Å². The number of benzene rings is 3. The Morgan fingerprint density at radius 3 is 2.56 bits per heavy atom. The number of hydrogen-bond acceptors (Lipinski definition) is 5. The molecule has 5 rings (SSSR count). The van der Waals surface area contributed by atoms with Gasteiger partial charge in [0.2, 0.25) is 5.13 Å². The summed E-state index contributed by atoms with van der Waals surface area (Å²) in [7, 11) is 0. The molecule has 0 fully saturated rings. The SMILES string of the molecule is Cc1ccc(/C=C/c2nc3ccccc3c(=O)n2-c2nnc(-c3cccc(Cl)c3)s2)cc1. The van der Waals surface area contributed by atoms with E-state index in [4.69, 9.17) is 16.6 Å². The fourth-order valence-electron chi connectivity index (χ4n) is 3.34. The van der Waals surface area contributed by atoms with Crippen LogP contribution >= 0.6 is 22.9 Å². The molecule has 0 saturated carbocycles. The number of aryl methyl sites for hydroxylation is 1. The second-order valence-electron chi connectivity index (χ2n) is 7.27. The van der Waals surface area contributed by atoms with Crippen LogP contribution in [0, 0.1) is 6.92 Å². The fraction of sp³-hybridized carbons (Fsp3) is 0.0400. The molecule has 156 valence electrons. The summed E-state index contributed by atoms with van der Waals surface area (Å²) in [5.74, 6) is 0.489. The first-order valence-corrected chi connectivity index (χ1v) is 11.1. The highest BCUT2D eigenvalue weighted by atomic mass is 35.5. The minimum atomic E-state index is -0.187. The number of nitrogens with zero attached hydrogens (tertiary/aromatic N) is 4. The van der Waals surface area contributed by atoms with E-state index in [0.29, 0.717) is 31.9 Å². The molecule has 0 aliphatic carbocycles. The van der Waals surface area contributed by atoms with Crippen molar-refractivity contribution in [2.24, 2.45) is 0 Å². The van der Waals surface area contributed by atoms with Gasteiger partial charge in [0.1, 0.15) is 10.8 Å². The highest BCUT2D eigenvalue weighted by Crippen LogP contribution is 2.28. The molecule has 0 N–H and O–H groups in total. The first-order chi connectivity index (χ1) is 15.6. The molecule has 2 heterocycles. The predicted molar refractivity (Wildman–Crippen MR) is 131 cm³/mol. The topological polar surface area (TPSA) is 60.7 Å². The first kappa shape index (κ1) is 20.3. The van der Waals surface area contributed by atoms with E-state index in [2.05, 4.69) is 10.2 Å². The number of fused-ring (bicyclic) bond motifs is 1. The predicted octanol–water partition coefficient (Wildman–Crippen LogP) is 6.04. The highest BCUT2D eigenvalue weighted by Gasteiger charge is 2.16. The van der Waals surface area contributed by atoms with E-state index in [1.54, 1.807) is 12.1 Å². The van der Waals surface area contributed by atoms with E-state index in [1.165, 1.54) is 21.5 Å². The lowest BCUT2D eigenvalue weighted by molar-refractivity contribution is 0.899. The van der Waals surface area contributed by atoms with Crippen molar-refractivity contribution in [3.05, 3.63) is 105 Å². The standard InChI is InChI=1S/C25H17ClN4OS/c1-16-9-11-17(12-10-16)13-14-22-27-21-8-3-2-7-20(21)24(31)30(22)25-29-28-23(32-25)18-5-4-6-19(26)15-18/h2-15H,1H3/b14-13+. The third-order valence-corrected chi connectivity index (χ3v) is 6.17. The van der Waals surface area contributed by atoms with E-state index in [1.807, 2.05) is 79.7 Å². The smallest absolute Gasteiger partial charge is 0.268 e. The zero-order chi connectivity index (χ0) is 22.1. The lowest BCUT2D eigenvalue weighted by Gasteiger charge is -2.08. The van der Waals surface area contributed by atoms with Crippen LogP contribution in [-0.2, 0) is 0 Å². The Morgan fingerprint density at radius 2 is 1.75 bits per heavy atom. The van der Waals surface area contributed by atoms with Crippen LogP contribution in [0.2, 0.25) is 5.02 Å². The lowest BCUT2D eigenvalue weighted by atomic mass is 10.1. The maximum Gasteiger partial charge on any atom is 0.268 e. The molecule has 3 aromatic carbocycles. The van der Waals surface area contributed by atoms with E-state index in [0.717, 1.165) is 11.1 Å². The molecule has 7 heteroatoms. The molecule has 0 atom stereocenters. The van der Waals surface area contributed by atoms with Crippen molar-refractivity contribution in [3.8, 4) is 15.7 Å². The highest BCUT2D eigenvalue weighted by molar-refractivity contribution is 7.17. The first-order valence-electron chi connectivity index (χ1n) is 9.95. The fourth-order valence-corrected chi connectivity index (χ4v) is 4.38. The summed E-state index contributed by atoms with van der Waals surface area (Å²) in [6.07, 6.45) is 3.77. The minimum Gasteiger partial charge on any atom is -0.268 e. The van der Waals surface area contributed by atoms with Crippen molar-refractivity contribution < 1.29 is 0 Å². The summed E-state index contributed by atoms with van der Waals surface area (Å²) in [6, 6.07) is 22.8. The van der Waals surface area contributed by atoms with Gasteiger partial charge < -0.3 is 0 Å². The normalized spacial score (nSPS) is 11.4. The third kappa shape index (κ3) is 3.98. The molecular formula is C25H17ClN4OS. The largest absolute Gasteiger partial charge is 0.268 e. The Hall–Kier alpha value is -3.61. The Morgan fingerprint density at radius 1 is 0.938 bits per heavy atom. The molecule has 0 aliphatic heterocycles. The summed E-state index contributed by atoms with van der Waals surface area (Å²) in [5, 5.41) is 10.9. The summed E-state index contributed by atoms with van der Waals surface area (Å²) < 4.78 is 1.51. The van der Waals surface area contributed by atoms with Gasteiger partial charge in [0, 0.05) is 10.6 Å². The Labute approximate surface area is 193 Å². The molecule has 5 nitrogen and oxygen atoms in total. The van der Waals surface area contributed by atoms with Crippen LogP contribution in [-0.4, -0.2) is 19.7 Å². The van der Waals surface area contributed by atoms with Crippen molar-refractivity contribution in [1.82, 2.24) is 19.7 Å². The number of hydrogen-bond donors (Lipinski definition) is 0. The van der Waals surface area contributed by atoms with Crippen LogP contribution in [0.25, 0.3) is 38.8 Å². The molecular weight excluding hydrogens is 440 g/mol. The average Bonchev–Trinajstić information content (AvgIpc) is 3.29. The van der Waals surface area contributed by atoms with Gasteiger partial charge in [0.15, 0.2) is 0 Å². The molecule has 0 amide bonds. The quantitative estimate of drug-likeness (QED) is 0.331. The molecule has 2 aromatic heterocycles. The van der Waals surface area contributed by atoms with Crippen molar-refractivity contribution in [3.63, 3.8) is 0 Å². The van der Waals surface area contributed by atoms with Crippen LogP contribution in [0.3, 0.4) is 0 Å². The van der Waals surface area contributed by atoms with Gasteiger partial charge in [-0.15, -0.1) is 10.2 Å². The van der Waals surface area contributed by atoms with Gasteiger partial charge in [0.25, 0.3) is 5.56 Å². The Bertz CT molecular complexity index is 1520. The molecule has 0 spiro atoms. The maximum absolute atomic E-state index is 13.4. The Kier molecular flexibility index (Phi) is 5.39. The molecule has 0 aliphatic rings. The van der Waals surface area contributed by atoms with Gasteiger partial charge in [-0.1, -0.05) is 83.1 Å². The maximum atomic E-state index is 13.4. The third-order valence-electron chi connectivity index (χ3n) is 4.98. The second-order valence-corrected chi connectivity index (χ2v) is 8.66. The van der Waals surface area contributed by atoms with Gasteiger partial charge in [0.05, 0.1) is 10.9 Å².